The molecule has 9 nitrogen and oxygen atoms in total. The second-order valence-corrected chi connectivity index (χ2v) is 13.1. The molecule has 0 spiro atoms. The highest BCUT2D eigenvalue weighted by Crippen LogP contribution is 2.41. The zero-order valence-electron chi connectivity index (χ0n) is 26.9. The first-order valence-corrected chi connectivity index (χ1v) is 16.7. The summed E-state index contributed by atoms with van der Waals surface area (Å²) in [7, 11) is 2.09. The van der Waals surface area contributed by atoms with Crippen LogP contribution in [0.2, 0.25) is 5.02 Å². The van der Waals surface area contributed by atoms with E-state index in [0.717, 1.165) is 58.4 Å². The highest BCUT2D eigenvalue weighted by Gasteiger charge is 2.37. The largest absolute Gasteiger partial charge is 0.475 e. The molecule has 2 atom stereocenters. The molecule has 5 heterocycles. The van der Waals surface area contributed by atoms with Crippen molar-refractivity contribution in [2.45, 2.75) is 37.9 Å². The predicted octanol–water partition coefficient (Wildman–Crippen LogP) is 6.06. The minimum Gasteiger partial charge on any atom is -0.475 e. The summed E-state index contributed by atoms with van der Waals surface area (Å²) in [4.78, 5) is 30.5. The van der Waals surface area contributed by atoms with Gasteiger partial charge in [-0.25, -0.2) is 4.39 Å². The van der Waals surface area contributed by atoms with Crippen LogP contribution in [0.15, 0.2) is 73.3 Å². The summed E-state index contributed by atoms with van der Waals surface area (Å²) in [6, 6.07) is 18.0. The monoisotopic (exact) mass is 665 g/mol. The summed E-state index contributed by atoms with van der Waals surface area (Å²) in [6.45, 7) is 6.93. The van der Waals surface area contributed by atoms with Gasteiger partial charge in [-0.1, -0.05) is 48.5 Å². The molecule has 4 aromatic rings. The van der Waals surface area contributed by atoms with Crippen molar-refractivity contribution in [1.29, 1.82) is 5.26 Å². The Labute approximate surface area is 284 Å². The van der Waals surface area contributed by atoms with Crippen LogP contribution in [0.5, 0.6) is 5.88 Å². The molecule has 2 aromatic heterocycles. The Bertz CT molecular complexity index is 1910. The van der Waals surface area contributed by atoms with Crippen LogP contribution in [0, 0.1) is 11.3 Å². The van der Waals surface area contributed by atoms with Gasteiger partial charge in [0.05, 0.1) is 11.1 Å². The van der Waals surface area contributed by atoms with E-state index in [1.54, 1.807) is 12.4 Å². The number of benzene rings is 2. The van der Waals surface area contributed by atoms with Crippen molar-refractivity contribution in [3.63, 3.8) is 0 Å². The van der Waals surface area contributed by atoms with Gasteiger partial charge >= 0.3 is 0 Å². The second kappa shape index (κ2) is 13.4. The van der Waals surface area contributed by atoms with Crippen molar-refractivity contribution in [2.75, 3.05) is 56.2 Å². The van der Waals surface area contributed by atoms with Crippen LogP contribution in [0.1, 0.15) is 41.1 Å². The molecular weight excluding hydrogens is 629 g/mol. The molecule has 0 saturated carbocycles. The molecule has 11 heteroatoms. The number of rotatable bonds is 7. The van der Waals surface area contributed by atoms with Crippen molar-refractivity contribution in [2.24, 2.45) is 0 Å². The maximum absolute atomic E-state index is 14.2. The van der Waals surface area contributed by atoms with Gasteiger partial charge < -0.3 is 24.3 Å². The van der Waals surface area contributed by atoms with Crippen molar-refractivity contribution >= 4 is 39.8 Å². The number of likely N-dealkylation sites (tertiary alicyclic amines) is 1. The summed E-state index contributed by atoms with van der Waals surface area (Å²) in [5.74, 6) is -0.674. The molecule has 48 heavy (non-hydrogen) atoms. The van der Waals surface area contributed by atoms with Crippen molar-refractivity contribution in [3.05, 3.63) is 101 Å². The van der Waals surface area contributed by atoms with E-state index in [9.17, 15) is 14.4 Å². The third kappa shape index (κ3) is 5.93. The number of carbonyl (C=O) groups is 1. The molecule has 0 aliphatic carbocycles. The van der Waals surface area contributed by atoms with Gasteiger partial charge in [0.1, 0.15) is 24.1 Å². The van der Waals surface area contributed by atoms with E-state index in [-0.39, 0.29) is 12.6 Å². The topological polar surface area (TPSA) is 88.8 Å². The Morgan fingerprint density at radius 2 is 1.94 bits per heavy atom. The van der Waals surface area contributed by atoms with Crippen LogP contribution in [0.25, 0.3) is 10.8 Å². The molecule has 0 radical (unpaired) electrons. The summed E-state index contributed by atoms with van der Waals surface area (Å²) < 4.78 is 20.6. The number of hydrogen-bond acceptors (Lipinski definition) is 8. The zero-order valence-corrected chi connectivity index (χ0v) is 27.7. The summed E-state index contributed by atoms with van der Waals surface area (Å²) in [5, 5.41) is 13.3. The first-order chi connectivity index (χ1) is 23.3. The SMILES string of the molecule is C=C(F)C(=O)N1CCN(c2nc(OC[C@@H]3CCCN3C)c(C#N)c3c2CCN(c2cccc4cccc(Cl)c24)C3)CC1c1cccnc1. The number of nitriles is 1. The zero-order chi connectivity index (χ0) is 33.4. The van der Waals surface area contributed by atoms with E-state index >= 15 is 0 Å². The van der Waals surface area contributed by atoms with Gasteiger partial charge in [0.2, 0.25) is 5.88 Å². The minimum absolute atomic E-state index is 0.241. The van der Waals surface area contributed by atoms with Crippen molar-refractivity contribution < 1.29 is 13.9 Å². The van der Waals surface area contributed by atoms with Crippen molar-refractivity contribution in [1.82, 2.24) is 19.8 Å². The fraction of sp³-hybridized carbons (Fsp3) is 0.351. The lowest BCUT2D eigenvalue weighted by atomic mass is 9.94. The lowest BCUT2D eigenvalue weighted by Crippen LogP contribution is -2.51. The Balaban J connectivity index is 1.30. The molecule has 1 amide bonds. The normalized spacial score (nSPS) is 19.7. The summed E-state index contributed by atoms with van der Waals surface area (Å²) in [5.41, 5.74) is 4.10. The predicted molar refractivity (Wildman–Crippen MR) is 185 cm³/mol. The Hall–Kier alpha value is -4.72. The quantitative estimate of drug-likeness (QED) is 0.220. The Kier molecular flexibility index (Phi) is 8.90. The van der Waals surface area contributed by atoms with Gasteiger partial charge in [-0.05, 0) is 62.0 Å². The van der Waals surface area contributed by atoms with Crippen LogP contribution in [0.4, 0.5) is 15.9 Å². The maximum Gasteiger partial charge on any atom is 0.282 e. The lowest BCUT2D eigenvalue weighted by molar-refractivity contribution is -0.131. The highest BCUT2D eigenvalue weighted by atomic mass is 35.5. The van der Waals surface area contributed by atoms with E-state index in [1.807, 2.05) is 30.3 Å². The van der Waals surface area contributed by atoms with Crippen molar-refractivity contribution in [3.8, 4) is 11.9 Å². The number of fused-ring (bicyclic) bond motifs is 2. The van der Waals surface area contributed by atoms with E-state index < -0.39 is 17.8 Å². The summed E-state index contributed by atoms with van der Waals surface area (Å²) in [6.07, 6.45) is 6.14. The number of carbonyl (C=O) groups excluding carboxylic acids is 1. The fourth-order valence-corrected chi connectivity index (χ4v) is 7.69. The van der Waals surface area contributed by atoms with Crippen LogP contribution in [-0.4, -0.2) is 78.1 Å². The van der Waals surface area contributed by atoms with Gasteiger partial charge in [0, 0.05) is 73.4 Å². The molecule has 3 aliphatic rings. The van der Waals surface area contributed by atoms with Crippen LogP contribution in [0.3, 0.4) is 0 Å². The summed E-state index contributed by atoms with van der Waals surface area (Å²) >= 11 is 6.74. The van der Waals surface area contributed by atoms with E-state index in [2.05, 4.69) is 57.6 Å². The van der Waals surface area contributed by atoms with Gasteiger partial charge in [0.15, 0.2) is 5.83 Å². The molecule has 1 unspecified atom stereocenters. The average molecular weight is 666 g/mol. The third-order valence-electron chi connectivity index (χ3n) is 9.95. The number of likely N-dealkylation sites (N-methyl/N-ethyl adjacent to an activating group) is 1. The second-order valence-electron chi connectivity index (χ2n) is 12.7. The third-order valence-corrected chi connectivity index (χ3v) is 10.3. The molecule has 2 aromatic carbocycles. The highest BCUT2D eigenvalue weighted by molar-refractivity contribution is 6.36. The lowest BCUT2D eigenvalue weighted by Gasteiger charge is -2.43. The van der Waals surface area contributed by atoms with Gasteiger partial charge in [0.25, 0.3) is 5.91 Å². The first kappa shape index (κ1) is 31.9. The minimum atomic E-state index is -0.993. The molecule has 2 fully saturated rings. The standard InChI is InChI=1S/C37H37ClFN7O2/c1-24(39)37(47)46-18-17-45(22-33(46)26-9-5-14-41-20-26)35-28-13-16-44(32-12-4-8-25-7-3-11-31(38)34(25)32)21-30(28)29(19-40)36(42-35)48-23-27-10-6-15-43(27)2/h3-5,7-9,11-12,14,20,27,33H,1,6,10,13,15-18,21-23H2,2H3/t27-,33?/m0/s1. The molecule has 3 aliphatic heterocycles. The molecule has 7 rings (SSSR count). The fourth-order valence-electron chi connectivity index (χ4n) is 7.41. The Morgan fingerprint density at radius 3 is 2.67 bits per heavy atom. The number of amides is 1. The number of ether oxygens (including phenoxy) is 1. The van der Waals surface area contributed by atoms with E-state index in [1.165, 1.54) is 4.90 Å². The van der Waals surface area contributed by atoms with E-state index in [4.69, 9.17) is 21.3 Å². The van der Waals surface area contributed by atoms with Crippen LogP contribution < -0.4 is 14.5 Å². The van der Waals surface area contributed by atoms with Gasteiger partial charge in [-0.15, -0.1) is 0 Å². The molecule has 0 N–H and O–H groups in total. The van der Waals surface area contributed by atoms with E-state index in [0.29, 0.717) is 55.7 Å². The number of aromatic nitrogens is 2. The number of hydrogen-bond donors (Lipinski definition) is 0. The van der Waals surface area contributed by atoms with Gasteiger partial charge in [-0.3, -0.25) is 9.78 Å². The molecular formula is C37H37ClFN7O2. The molecule has 246 valence electrons. The number of pyridine rings is 2. The Morgan fingerprint density at radius 1 is 1.10 bits per heavy atom. The number of nitrogens with zero attached hydrogens (tertiary/aromatic N) is 7. The van der Waals surface area contributed by atoms with Gasteiger partial charge in [-0.2, -0.15) is 10.2 Å². The maximum atomic E-state index is 14.2. The smallest absolute Gasteiger partial charge is 0.282 e. The van der Waals surface area contributed by atoms with Crippen LogP contribution in [-0.2, 0) is 17.8 Å². The number of piperazine rings is 1. The molecule has 2 saturated heterocycles. The molecule has 0 bridgehead atoms. The first-order valence-electron chi connectivity index (χ1n) is 16.4. The number of halogens is 2. The van der Waals surface area contributed by atoms with Crippen LogP contribution >= 0.6 is 11.6 Å². The average Bonchev–Trinajstić information content (AvgIpc) is 3.53. The number of anilines is 2.